The molecule has 2 aliphatic rings. The Labute approximate surface area is 191 Å². The molecule has 0 saturated carbocycles. The summed E-state index contributed by atoms with van der Waals surface area (Å²) in [5.74, 6) is 0.0864. The van der Waals surface area contributed by atoms with E-state index in [-0.39, 0.29) is 18.1 Å². The molecular formula is C25H37N5O2. The Morgan fingerprint density at radius 2 is 1.81 bits per heavy atom. The fourth-order valence-electron chi connectivity index (χ4n) is 4.98. The summed E-state index contributed by atoms with van der Waals surface area (Å²) in [6, 6.07) is 4.02. The van der Waals surface area contributed by atoms with Crippen molar-refractivity contribution in [2.45, 2.75) is 39.3 Å². The second-order valence-corrected chi connectivity index (χ2v) is 9.51. The highest BCUT2D eigenvalue weighted by Gasteiger charge is 2.39. The standard InChI is InChI=1S/C25H37N5O2/c1-18-13-20(3)22(14-19(18)2)25(31)30-11-12-32-23(24(30)21-15-26-28(5)16-21)17-29-8-6-7-27(4)9-10-29/h13-16,23-24H,6-12,17H2,1-5H3/t23-,24-/m0/s1. The Morgan fingerprint density at radius 3 is 2.56 bits per heavy atom. The van der Waals surface area contributed by atoms with Crippen LogP contribution in [0.4, 0.5) is 0 Å². The molecule has 2 aliphatic heterocycles. The number of hydrogen-bond donors (Lipinski definition) is 0. The van der Waals surface area contributed by atoms with E-state index in [1.54, 1.807) is 0 Å². The summed E-state index contributed by atoms with van der Waals surface area (Å²) < 4.78 is 8.14. The van der Waals surface area contributed by atoms with Crippen LogP contribution < -0.4 is 0 Å². The lowest BCUT2D eigenvalue weighted by Gasteiger charge is -2.42. The maximum atomic E-state index is 13.8. The summed E-state index contributed by atoms with van der Waals surface area (Å²) in [6.45, 7) is 12.5. The van der Waals surface area contributed by atoms with E-state index in [1.165, 1.54) is 5.56 Å². The van der Waals surface area contributed by atoms with Gasteiger partial charge in [0.2, 0.25) is 0 Å². The second-order valence-electron chi connectivity index (χ2n) is 9.51. The molecule has 2 fully saturated rings. The predicted octanol–water partition coefficient (Wildman–Crippen LogP) is 2.57. The highest BCUT2D eigenvalue weighted by molar-refractivity contribution is 5.96. The minimum atomic E-state index is -0.146. The first-order chi connectivity index (χ1) is 15.3. The molecule has 1 amide bonds. The van der Waals surface area contributed by atoms with Crippen LogP contribution in [0.2, 0.25) is 0 Å². The van der Waals surface area contributed by atoms with Crippen LogP contribution in [0.25, 0.3) is 0 Å². The van der Waals surface area contributed by atoms with Gasteiger partial charge in [0.1, 0.15) is 0 Å². The van der Waals surface area contributed by atoms with Crippen molar-refractivity contribution in [2.24, 2.45) is 7.05 Å². The van der Waals surface area contributed by atoms with E-state index >= 15 is 0 Å². The molecule has 32 heavy (non-hydrogen) atoms. The van der Waals surface area contributed by atoms with Crippen molar-refractivity contribution >= 4 is 5.91 Å². The van der Waals surface area contributed by atoms with Crippen LogP contribution in [0.1, 0.15) is 45.1 Å². The minimum absolute atomic E-state index is 0.0767. The van der Waals surface area contributed by atoms with Gasteiger partial charge in [0.25, 0.3) is 5.91 Å². The summed E-state index contributed by atoms with van der Waals surface area (Å²) in [7, 11) is 4.11. The van der Waals surface area contributed by atoms with Crippen molar-refractivity contribution in [2.75, 3.05) is 52.9 Å². The normalized spacial score (nSPS) is 23.3. The number of aromatic nitrogens is 2. The van der Waals surface area contributed by atoms with E-state index in [0.717, 1.165) is 61.4 Å². The van der Waals surface area contributed by atoms with E-state index in [9.17, 15) is 4.79 Å². The molecule has 7 nitrogen and oxygen atoms in total. The van der Waals surface area contributed by atoms with Gasteiger partial charge in [-0.2, -0.15) is 5.10 Å². The van der Waals surface area contributed by atoms with Gasteiger partial charge < -0.3 is 14.5 Å². The van der Waals surface area contributed by atoms with E-state index in [1.807, 2.05) is 42.0 Å². The number of hydrogen-bond acceptors (Lipinski definition) is 5. The maximum absolute atomic E-state index is 13.8. The number of amides is 1. The van der Waals surface area contributed by atoms with Gasteiger partial charge >= 0.3 is 0 Å². The number of benzene rings is 1. The summed E-state index contributed by atoms with van der Waals surface area (Å²) >= 11 is 0. The SMILES string of the molecule is Cc1cc(C)c(C(=O)N2CCO[C@@H](CN3CCCN(C)CC3)[C@@H]2c2cnn(C)c2)cc1C. The Bertz CT molecular complexity index is 956. The maximum Gasteiger partial charge on any atom is 0.254 e. The molecular weight excluding hydrogens is 402 g/mol. The molecule has 4 rings (SSSR count). The zero-order valence-electron chi connectivity index (χ0n) is 20.2. The third kappa shape index (κ3) is 4.90. The largest absolute Gasteiger partial charge is 0.373 e. The molecule has 0 N–H and O–H groups in total. The molecule has 2 aromatic rings. The average Bonchev–Trinajstić information content (AvgIpc) is 3.08. The van der Waals surface area contributed by atoms with Gasteiger partial charge in [-0.15, -0.1) is 0 Å². The number of likely N-dealkylation sites (N-methyl/N-ethyl adjacent to an activating group) is 1. The minimum Gasteiger partial charge on any atom is -0.373 e. The molecule has 2 saturated heterocycles. The Hall–Kier alpha value is -2.22. The summed E-state index contributed by atoms with van der Waals surface area (Å²) in [5.41, 5.74) is 5.23. The van der Waals surface area contributed by atoms with Crippen LogP contribution in [0.15, 0.2) is 24.5 Å². The van der Waals surface area contributed by atoms with Crippen LogP contribution in [0, 0.1) is 20.8 Å². The number of carbonyl (C=O) groups is 1. The molecule has 3 heterocycles. The van der Waals surface area contributed by atoms with Gasteiger partial charge in [-0.05, 0) is 70.1 Å². The Morgan fingerprint density at radius 1 is 1.03 bits per heavy atom. The van der Waals surface area contributed by atoms with Crippen molar-refractivity contribution in [1.29, 1.82) is 0 Å². The van der Waals surface area contributed by atoms with Crippen LogP contribution in [-0.2, 0) is 11.8 Å². The monoisotopic (exact) mass is 439 g/mol. The fourth-order valence-corrected chi connectivity index (χ4v) is 4.98. The lowest BCUT2D eigenvalue weighted by atomic mass is 9.96. The number of aryl methyl sites for hydroxylation is 4. The van der Waals surface area contributed by atoms with Gasteiger partial charge in [0.05, 0.1) is 24.9 Å². The average molecular weight is 440 g/mol. The van der Waals surface area contributed by atoms with Gasteiger partial charge in [0.15, 0.2) is 0 Å². The van der Waals surface area contributed by atoms with Crippen molar-refractivity contribution in [3.63, 3.8) is 0 Å². The molecule has 0 aliphatic carbocycles. The number of rotatable bonds is 4. The van der Waals surface area contributed by atoms with Gasteiger partial charge in [-0.3, -0.25) is 14.4 Å². The van der Waals surface area contributed by atoms with Crippen LogP contribution >= 0.6 is 0 Å². The van der Waals surface area contributed by atoms with Crippen LogP contribution in [-0.4, -0.2) is 89.4 Å². The number of ether oxygens (including phenoxy) is 1. The van der Waals surface area contributed by atoms with Crippen molar-refractivity contribution in [3.8, 4) is 0 Å². The van der Waals surface area contributed by atoms with Crippen LogP contribution in [0.5, 0.6) is 0 Å². The lowest BCUT2D eigenvalue weighted by molar-refractivity contribution is -0.0723. The number of nitrogens with zero attached hydrogens (tertiary/aromatic N) is 5. The Kier molecular flexibility index (Phi) is 6.98. The van der Waals surface area contributed by atoms with E-state index in [2.05, 4.69) is 41.9 Å². The van der Waals surface area contributed by atoms with E-state index in [4.69, 9.17) is 4.74 Å². The third-order valence-corrected chi connectivity index (χ3v) is 7.00. The fraction of sp³-hybridized carbons (Fsp3) is 0.600. The molecule has 174 valence electrons. The molecule has 7 heteroatoms. The highest BCUT2D eigenvalue weighted by Crippen LogP contribution is 2.32. The molecule has 1 aromatic heterocycles. The quantitative estimate of drug-likeness (QED) is 0.733. The van der Waals surface area contributed by atoms with Crippen molar-refractivity contribution in [3.05, 3.63) is 52.3 Å². The van der Waals surface area contributed by atoms with Gasteiger partial charge in [0, 0.05) is 50.6 Å². The first-order valence-electron chi connectivity index (χ1n) is 11.7. The zero-order valence-corrected chi connectivity index (χ0v) is 20.2. The number of morpholine rings is 1. The predicted molar refractivity (Wildman–Crippen MR) is 126 cm³/mol. The number of carbonyl (C=O) groups excluding carboxylic acids is 1. The first-order valence-corrected chi connectivity index (χ1v) is 11.7. The topological polar surface area (TPSA) is 53.8 Å². The molecule has 0 spiro atoms. The van der Waals surface area contributed by atoms with E-state index < -0.39 is 0 Å². The smallest absolute Gasteiger partial charge is 0.254 e. The second kappa shape index (κ2) is 9.73. The van der Waals surface area contributed by atoms with Crippen molar-refractivity contribution in [1.82, 2.24) is 24.5 Å². The molecule has 1 aromatic carbocycles. The highest BCUT2D eigenvalue weighted by atomic mass is 16.5. The van der Waals surface area contributed by atoms with Crippen LogP contribution in [0.3, 0.4) is 0 Å². The molecule has 0 radical (unpaired) electrons. The zero-order chi connectivity index (χ0) is 22.8. The summed E-state index contributed by atoms with van der Waals surface area (Å²) in [4.78, 5) is 20.7. The molecule has 2 atom stereocenters. The molecule has 0 bridgehead atoms. The first kappa shape index (κ1) is 23.0. The van der Waals surface area contributed by atoms with E-state index in [0.29, 0.717) is 13.2 Å². The van der Waals surface area contributed by atoms with Gasteiger partial charge in [-0.25, -0.2) is 0 Å². The molecule has 0 unspecified atom stereocenters. The lowest BCUT2D eigenvalue weighted by Crippen LogP contribution is -2.52. The summed E-state index contributed by atoms with van der Waals surface area (Å²) in [6.07, 6.45) is 4.99. The van der Waals surface area contributed by atoms with Gasteiger partial charge in [-0.1, -0.05) is 6.07 Å². The third-order valence-electron chi connectivity index (χ3n) is 7.00. The summed E-state index contributed by atoms with van der Waals surface area (Å²) in [5, 5.41) is 4.41. The van der Waals surface area contributed by atoms with Crippen molar-refractivity contribution < 1.29 is 9.53 Å². The Balaban J connectivity index is 1.63.